The highest BCUT2D eigenvalue weighted by Crippen LogP contribution is 2.21. The van der Waals surface area contributed by atoms with Crippen molar-refractivity contribution in [1.82, 2.24) is 36.8 Å². The van der Waals surface area contributed by atoms with Gasteiger partial charge in [-0.2, -0.15) is 11.8 Å². The van der Waals surface area contributed by atoms with E-state index in [1.54, 1.807) is 6.26 Å². The number of aliphatic carboxylic acids is 2. The molecule has 60 heavy (non-hydrogen) atoms. The summed E-state index contributed by atoms with van der Waals surface area (Å²) in [5, 5.41) is 32.5. The summed E-state index contributed by atoms with van der Waals surface area (Å²) in [7, 11) is 0. The molecule has 8 amide bonds. The van der Waals surface area contributed by atoms with Crippen LogP contribution in [0.25, 0.3) is 0 Å². The summed E-state index contributed by atoms with van der Waals surface area (Å²) in [6, 6.07) is -9.27. The molecule has 8 atom stereocenters. The first-order valence-electron chi connectivity index (χ1n) is 19.2. The summed E-state index contributed by atoms with van der Waals surface area (Å²) < 4.78 is 0. The molecule has 1 fully saturated rings. The van der Waals surface area contributed by atoms with Crippen molar-refractivity contribution in [2.45, 2.75) is 114 Å². The van der Waals surface area contributed by atoms with Crippen LogP contribution in [0.3, 0.4) is 0 Å². The number of likely N-dealkylation sites (tertiary alicyclic amines) is 1. The zero-order valence-corrected chi connectivity index (χ0v) is 35.0. The molecule has 0 aromatic rings. The average molecular weight is 873 g/mol. The fraction of sp³-hybridized carbons (Fsp3) is 0.686. The molecule has 0 aromatic heterocycles. The second-order valence-electron chi connectivity index (χ2n) is 14.2. The maximum absolute atomic E-state index is 13.5. The van der Waals surface area contributed by atoms with Crippen LogP contribution in [0.2, 0.25) is 0 Å². The maximum Gasteiger partial charge on any atom is 0.325 e. The van der Waals surface area contributed by atoms with Crippen LogP contribution in [0.4, 0.5) is 0 Å². The second kappa shape index (κ2) is 26.4. The predicted octanol–water partition coefficient (Wildman–Crippen LogP) is -4.85. The molecule has 0 aromatic carbocycles. The van der Waals surface area contributed by atoms with Gasteiger partial charge in [0, 0.05) is 13.1 Å². The summed E-state index contributed by atoms with van der Waals surface area (Å²) in [5.41, 5.74) is 22.2. The number of nitrogens with one attached hydrogen (secondary N) is 6. The Morgan fingerprint density at radius 2 is 1.38 bits per heavy atom. The number of rotatable bonds is 27. The van der Waals surface area contributed by atoms with E-state index >= 15 is 0 Å². The minimum absolute atomic E-state index is 0.00684. The Balaban J connectivity index is 3.14. The van der Waals surface area contributed by atoms with E-state index in [0.29, 0.717) is 19.3 Å². The molecule has 0 bridgehead atoms. The van der Waals surface area contributed by atoms with Crippen LogP contribution in [0.15, 0.2) is 4.99 Å². The minimum Gasteiger partial charge on any atom is -0.481 e. The fourth-order valence-corrected chi connectivity index (χ4v) is 6.26. The third-order valence-corrected chi connectivity index (χ3v) is 10.1. The molecule has 16 N–H and O–H groups in total. The third-order valence-electron chi connectivity index (χ3n) is 9.42. The van der Waals surface area contributed by atoms with E-state index in [1.807, 2.05) is 13.8 Å². The fourth-order valence-electron chi connectivity index (χ4n) is 5.79. The standard InChI is InChI=1S/C35H60N12O12S/c1-5-17(2)27(37)33(57)47-12-7-9-23(47)32(56)45-19(8-6-11-40-35(38)39)28(52)41-16-25(49)43-22(15-26(50)51)31(55)44-20(10-13-60-4)29(53)46-21(14-24(36)48)30(54)42-18(3)34(58)59/h17-23,27H,5-16,37H2,1-4H3,(H2,36,48)(H,41,52)(H,42,54)(H,43,49)(H,44,55)(H,45,56)(H,46,53)(H,50,51)(H,58,59)(H4,38,39,40)/t17-,18-,19-,20-,21-,22-,23-,27-/m0/s1. The van der Waals surface area contributed by atoms with Crippen LogP contribution in [-0.4, -0.2) is 154 Å². The lowest BCUT2D eigenvalue weighted by atomic mass is 9.98. The Labute approximate surface area is 351 Å². The van der Waals surface area contributed by atoms with E-state index in [4.69, 9.17) is 28.0 Å². The molecule has 0 saturated carbocycles. The maximum atomic E-state index is 13.5. The van der Waals surface area contributed by atoms with Gasteiger partial charge >= 0.3 is 11.9 Å². The summed E-state index contributed by atoms with van der Waals surface area (Å²) in [6.07, 6.45) is 1.58. The molecule has 0 unspecified atom stereocenters. The van der Waals surface area contributed by atoms with Gasteiger partial charge in [-0.3, -0.25) is 52.9 Å². The highest BCUT2D eigenvalue weighted by atomic mass is 32.2. The van der Waals surface area contributed by atoms with Gasteiger partial charge in [0.1, 0.15) is 36.3 Å². The number of amides is 8. The Kier molecular flexibility index (Phi) is 23.0. The number of nitrogens with two attached hydrogens (primary N) is 4. The van der Waals surface area contributed by atoms with Crippen LogP contribution < -0.4 is 54.8 Å². The number of hydrogen-bond donors (Lipinski definition) is 12. The predicted molar refractivity (Wildman–Crippen MR) is 217 cm³/mol. The monoisotopic (exact) mass is 872 g/mol. The van der Waals surface area contributed by atoms with Crippen LogP contribution >= 0.6 is 11.8 Å². The number of carboxylic acids is 2. The molecule has 1 rings (SSSR count). The van der Waals surface area contributed by atoms with Crippen LogP contribution in [0, 0.1) is 5.92 Å². The number of primary amides is 1. The molecule has 1 aliphatic heterocycles. The lowest BCUT2D eigenvalue weighted by Crippen LogP contribution is -2.59. The van der Waals surface area contributed by atoms with Gasteiger partial charge in [-0.25, -0.2) is 0 Å². The number of carbonyl (C=O) groups excluding carboxylic acids is 8. The lowest BCUT2D eigenvalue weighted by molar-refractivity contribution is -0.142. The lowest BCUT2D eigenvalue weighted by Gasteiger charge is -2.30. The van der Waals surface area contributed by atoms with E-state index in [0.717, 1.165) is 6.92 Å². The summed E-state index contributed by atoms with van der Waals surface area (Å²) in [6.45, 7) is 4.43. The number of carboxylic acid groups (broad SMARTS) is 2. The van der Waals surface area contributed by atoms with E-state index in [-0.39, 0.29) is 50.0 Å². The molecule has 1 aliphatic rings. The average Bonchev–Trinajstić information content (AvgIpc) is 3.68. The van der Waals surface area contributed by atoms with Gasteiger partial charge in [-0.05, 0) is 57.0 Å². The van der Waals surface area contributed by atoms with E-state index in [9.17, 15) is 53.1 Å². The first-order chi connectivity index (χ1) is 28.1. The number of carbonyl (C=O) groups is 10. The Morgan fingerprint density at radius 1 is 0.800 bits per heavy atom. The number of guanidine groups is 1. The first-order valence-corrected chi connectivity index (χ1v) is 20.6. The molecule has 1 saturated heterocycles. The molecule has 1 heterocycles. The van der Waals surface area contributed by atoms with E-state index in [2.05, 4.69) is 36.9 Å². The van der Waals surface area contributed by atoms with Gasteiger partial charge in [0.25, 0.3) is 0 Å². The van der Waals surface area contributed by atoms with Crippen LogP contribution in [-0.2, 0) is 47.9 Å². The van der Waals surface area contributed by atoms with Gasteiger partial charge in [-0.1, -0.05) is 20.3 Å². The summed E-state index contributed by atoms with van der Waals surface area (Å²) >= 11 is 1.26. The van der Waals surface area contributed by atoms with Gasteiger partial charge in [0.2, 0.25) is 47.3 Å². The van der Waals surface area contributed by atoms with Gasteiger partial charge < -0.3 is 69.9 Å². The highest BCUT2D eigenvalue weighted by molar-refractivity contribution is 7.98. The molecule has 0 aliphatic carbocycles. The van der Waals surface area contributed by atoms with Crippen molar-refractivity contribution >= 4 is 76.9 Å². The van der Waals surface area contributed by atoms with Gasteiger partial charge in [0.15, 0.2) is 5.96 Å². The molecule has 24 nitrogen and oxygen atoms in total. The number of aliphatic imine (C=N–C) groups is 1. The van der Waals surface area contributed by atoms with Crippen molar-refractivity contribution in [3.8, 4) is 0 Å². The quantitative estimate of drug-likeness (QED) is 0.0209. The minimum atomic E-state index is -1.79. The smallest absolute Gasteiger partial charge is 0.325 e. The summed E-state index contributed by atoms with van der Waals surface area (Å²) in [5.74, 6) is -10.1. The van der Waals surface area contributed by atoms with Crippen molar-refractivity contribution in [1.29, 1.82) is 0 Å². The first kappa shape index (κ1) is 52.3. The van der Waals surface area contributed by atoms with Gasteiger partial charge in [0.05, 0.1) is 25.4 Å². The molecule has 0 spiro atoms. The zero-order chi connectivity index (χ0) is 45.7. The SMILES string of the molecule is CC[C@H](C)[C@H](N)C(=O)N1CCC[C@H]1C(=O)N[C@@H](CCCN=C(N)N)C(=O)NCC(=O)N[C@@H](CC(=O)O)C(=O)N[C@@H](CCSC)C(=O)N[C@@H](CC(N)=O)C(=O)N[C@@H](C)C(=O)O. The normalized spacial score (nSPS) is 16.9. The van der Waals surface area contributed by atoms with Crippen molar-refractivity contribution in [3.63, 3.8) is 0 Å². The molecular weight excluding hydrogens is 813 g/mol. The number of hydrogen-bond acceptors (Lipinski definition) is 13. The Hall–Kier alpha value is -5.72. The van der Waals surface area contributed by atoms with Gasteiger partial charge in [-0.15, -0.1) is 0 Å². The zero-order valence-electron chi connectivity index (χ0n) is 34.2. The van der Waals surface area contributed by atoms with Crippen molar-refractivity contribution in [2.75, 3.05) is 31.6 Å². The van der Waals surface area contributed by atoms with E-state index in [1.165, 1.54) is 16.7 Å². The van der Waals surface area contributed by atoms with Crippen molar-refractivity contribution in [2.24, 2.45) is 33.8 Å². The number of thioether (sulfide) groups is 1. The van der Waals surface area contributed by atoms with Crippen LogP contribution in [0.5, 0.6) is 0 Å². The third kappa shape index (κ3) is 18.5. The molecular formula is C35H60N12O12S. The van der Waals surface area contributed by atoms with Crippen molar-refractivity contribution < 1.29 is 58.2 Å². The molecule has 338 valence electrons. The molecule has 0 radical (unpaired) electrons. The van der Waals surface area contributed by atoms with E-state index < -0.39 is 121 Å². The number of nitrogens with zero attached hydrogens (tertiary/aromatic N) is 2. The summed E-state index contributed by atoms with van der Waals surface area (Å²) in [4.78, 5) is 132. The van der Waals surface area contributed by atoms with Crippen LogP contribution in [0.1, 0.15) is 72.1 Å². The largest absolute Gasteiger partial charge is 0.481 e. The second-order valence-corrected chi connectivity index (χ2v) is 15.2. The molecule has 25 heteroatoms. The Morgan fingerprint density at radius 3 is 1.95 bits per heavy atom. The topological polar surface area (TPSA) is 403 Å². The van der Waals surface area contributed by atoms with Crippen molar-refractivity contribution in [3.05, 3.63) is 0 Å². The highest BCUT2D eigenvalue weighted by Gasteiger charge is 2.39. The Bertz CT molecular complexity index is 1600.